The van der Waals surface area contributed by atoms with E-state index in [1.807, 2.05) is 12.1 Å². The molecule has 1 saturated heterocycles. The van der Waals surface area contributed by atoms with E-state index in [4.69, 9.17) is 4.74 Å². The average Bonchev–Trinajstić information content (AvgIpc) is 2.33. The minimum Gasteiger partial charge on any atom is -0.368 e. The largest absolute Gasteiger partial charge is 0.368 e. The predicted molar refractivity (Wildman–Crippen MR) is 61.9 cm³/mol. The summed E-state index contributed by atoms with van der Waals surface area (Å²) in [7, 11) is 0. The molecule has 88 valence electrons. The smallest absolute Gasteiger partial charge is 0.126 e. The Balaban J connectivity index is 2.35. The summed E-state index contributed by atoms with van der Waals surface area (Å²) < 4.78 is 19.1. The third-order valence-electron chi connectivity index (χ3n) is 3.32. The number of aryl methyl sites for hydroxylation is 1. The van der Waals surface area contributed by atoms with Gasteiger partial charge in [-0.1, -0.05) is 19.1 Å². The first-order chi connectivity index (χ1) is 7.68. The van der Waals surface area contributed by atoms with Gasteiger partial charge in [0.2, 0.25) is 0 Å². The van der Waals surface area contributed by atoms with Crippen LogP contribution in [0.25, 0.3) is 0 Å². The van der Waals surface area contributed by atoms with Crippen LogP contribution in [0.3, 0.4) is 0 Å². The lowest BCUT2D eigenvalue weighted by Gasteiger charge is -2.37. The Morgan fingerprint density at radius 2 is 2.31 bits per heavy atom. The van der Waals surface area contributed by atoms with Gasteiger partial charge in [-0.2, -0.15) is 0 Å². The van der Waals surface area contributed by atoms with Crippen molar-refractivity contribution in [3.05, 3.63) is 35.1 Å². The van der Waals surface area contributed by atoms with Crippen molar-refractivity contribution < 1.29 is 9.13 Å². The molecule has 0 amide bonds. The maximum absolute atomic E-state index is 13.2. The predicted octanol–water partition coefficient (Wildman–Crippen LogP) is 2.36. The highest BCUT2D eigenvalue weighted by molar-refractivity contribution is 5.29. The van der Waals surface area contributed by atoms with E-state index in [0.717, 1.165) is 25.1 Å². The third kappa shape index (κ3) is 1.97. The number of nitrogens with one attached hydrogen (secondary N) is 1. The molecule has 0 spiro atoms. The highest BCUT2D eigenvalue weighted by atomic mass is 19.1. The molecule has 0 aromatic heterocycles. The van der Waals surface area contributed by atoms with Crippen molar-refractivity contribution in [3.63, 3.8) is 0 Å². The molecule has 1 unspecified atom stereocenters. The van der Waals surface area contributed by atoms with Crippen molar-refractivity contribution in [2.24, 2.45) is 0 Å². The zero-order valence-electron chi connectivity index (χ0n) is 9.85. The molecule has 2 rings (SSSR count). The average molecular weight is 223 g/mol. The maximum atomic E-state index is 13.2. The van der Waals surface area contributed by atoms with Crippen molar-refractivity contribution >= 4 is 0 Å². The van der Waals surface area contributed by atoms with Gasteiger partial charge in [0, 0.05) is 13.1 Å². The molecule has 1 aliphatic rings. The lowest BCUT2D eigenvalue weighted by molar-refractivity contribution is -0.0737. The van der Waals surface area contributed by atoms with Crippen LogP contribution in [-0.4, -0.2) is 19.7 Å². The SMILES string of the molecule is CCC1(c2ccc(F)c(C)c2)CNCCO1. The second-order valence-corrected chi connectivity index (χ2v) is 4.34. The Morgan fingerprint density at radius 1 is 1.50 bits per heavy atom. The second-order valence-electron chi connectivity index (χ2n) is 4.34. The summed E-state index contributed by atoms with van der Waals surface area (Å²) in [6.07, 6.45) is 0.894. The first-order valence-corrected chi connectivity index (χ1v) is 5.79. The fourth-order valence-electron chi connectivity index (χ4n) is 2.20. The van der Waals surface area contributed by atoms with Gasteiger partial charge in [-0.05, 0) is 30.5 Å². The van der Waals surface area contributed by atoms with Crippen LogP contribution in [0.2, 0.25) is 0 Å². The number of morpholine rings is 1. The lowest BCUT2D eigenvalue weighted by Crippen LogP contribution is -2.47. The molecule has 1 fully saturated rings. The number of halogens is 1. The van der Waals surface area contributed by atoms with E-state index < -0.39 is 0 Å². The Morgan fingerprint density at radius 3 is 2.88 bits per heavy atom. The van der Waals surface area contributed by atoms with E-state index in [-0.39, 0.29) is 11.4 Å². The number of ether oxygens (including phenoxy) is 1. The van der Waals surface area contributed by atoms with Gasteiger partial charge < -0.3 is 10.1 Å². The van der Waals surface area contributed by atoms with Crippen LogP contribution in [0, 0.1) is 12.7 Å². The minimum atomic E-state index is -0.281. The standard InChI is InChI=1S/C13H18FNO/c1-3-13(9-15-6-7-16-13)11-4-5-12(14)10(2)8-11/h4-5,8,15H,3,6-7,9H2,1-2H3. The molecule has 0 aliphatic carbocycles. The minimum absolute atomic E-state index is 0.154. The van der Waals surface area contributed by atoms with Gasteiger partial charge in [0.25, 0.3) is 0 Å². The Bertz CT molecular complexity index is 372. The van der Waals surface area contributed by atoms with E-state index in [1.165, 1.54) is 6.07 Å². The molecular formula is C13H18FNO. The summed E-state index contributed by atoms with van der Waals surface area (Å²) in [4.78, 5) is 0. The molecule has 1 aromatic carbocycles. The zero-order chi connectivity index (χ0) is 11.6. The van der Waals surface area contributed by atoms with Crippen molar-refractivity contribution in [1.82, 2.24) is 5.32 Å². The summed E-state index contributed by atoms with van der Waals surface area (Å²) in [5.41, 5.74) is 1.47. The van der Waals surface area contributed by atoms with E-state index in [1.54, 1.807) is 6.92 Å². The number of benzene rings is 1. The van der Waals surface area contributed by atoms with Crippen LogP contribution < -0.4 is 5.32 Å². The molecule has 0 bridgehead atoms. The molecule has 1 aromatic rings. The molecule has 1 atom stereocenters. The normalized spacial score (nSPS) is 25.7. The van der Waals surface area contributed by atoms with Crippen molar-refractivity contribution in [3.8, 4) is 0 Å². The summed E-state index contributed by atoms with van der Waals surface area (Å²) in [5.74, 6) is -0.154. The van der Waals surface area contributed by atoms with E-state index in [2.05, 4.69) is 12.2 Å². The van der Waals surface area contributed by atoms with Gasteiger partial charge in [-0.25, -0.2) is 4.39 Å². The summed E-state index contributed by atoms with van der Waals surface area (Å²) in [6, 6.07) is 5.25. The fraction of sp³-hybridized carbons (Fsp3) is 0.538. The van der Waals surface area contributed by atoms with E-state index >= 15 is 0 Å². The molecule has 16 heavy (non-hydrogen) atoms. The van der Waals surface area contributed by atoms with Gasteiger partial charge >= 0.3 is 0 Å². The second kappa shape index (κ2) is 4.52. The van der Waals surface area contributed by atoms with E-state index in [9.17, 15) is 4.39 Å². The Kier molecular flexibility index (Phi) is 3.26. The zero-order valence-corrected chi connectivity index (χ0v) is 9.85. The van der Waals surface area contributed by atoms with Gasteiger partial charge in [-0.3, -0.25) is 0 Å². The summed E-state index contributed by atoms with van der Waals surface area (Å²) in [5, 5.41) is 3.34. The summed E-state index contributed by atoms with van der Waals surface area (Å²) in [6.45, 7) is 6.30. The maximum Gasteiger partial charge on any atom is 0.126 e. The van der Waals surface area contributed by atoms with Crippen LogP contribution in [0.4, 0.5) is 4.39 Å². The molecule has 1 aliphatic heterocycles. The molecule has 1 heterocycles. The molecule has 3 heteroatoms. The van der Waals surface area contributed by atoms with Crippen LogP contribution in [0.5, 0.6) is 0 Å². The fourth-order valence-corrected chi connectivity index (χ4v) is 2.20. The van der Waals surface area contributed by atoms with Crippen LogP contribution in [0.15, 0.2) is 18.2 Å². The highest BCUT2D eigenvalue weighted by Gasteiger charge is 2.33. The van der Waals surface area contributed by atoms with Crippen LogP contribution in [0.1, 0.15) is 24.5 Å². The number of rotatable bonds is 2. The number of hydrogen-bond acceptors (Lipinski definition) is 2. The van der Waals surface area contributed by atoms with Gasteiger partial charge in [-0.15, -0.1) is 0 Å². The molecule has 0 saturated carbocycles. The molecule has 0 radical (unpaired) electrons. The lowest BCUT2D eigenvalue weighted by atomic mass is 9.89. The first kappa shape index (κ1) is 11.6. The number of hydrogen-bond donors (Lipinski definition) is 1. The third-order valence-corrected chi connectivity index (χ3v) is 3.32. The summed E-state index contributed by atoms with van der Waals surface area (Å²) >= 11 is 0. The quantitative estimate of drug-likeness (QED) is 0.831. The monoisotopic (exact) mass is 223 g/mol. The van der Waals surface area contributed by atoms with Crippen molar-refractivity contribution in [1.29, 1.82) is 0 Å². The van der Waals surface area contributed by atoms with Crippen LogP contribution >= 0.6 is 0 Å². The van der Waals surface area contributed by atoms with Gasteiger partial charge in [0.05, 0.1) is 6.61 Å². The molecule has 1 N–H and O–H groups in total. The Labute approximate surface area is 95.8 Å². The van der Waals surface area contributed by atoms with Gasteiger partial charge in [0.15, 0.2) is 0 Å². The topological polar surface area (TPSA) is 21.3 Å². The van der Waals surface area contributed by atoms with Crippen LogP contribution in [-0.2, 0) is 10.3 Å². The van der Waals surface area contributed by atoms with Crippen molar-refractivity contribution in [2.75, 3.05) is 19.7 Å². The molecular weight excluding hydrogens is 205 g/mol. The highest BCUT2D eigenvalue weighted by Crippen LogP contribution is 2.31. The van der Waals surface area contributed by atoms with Gasteiger partial charge in [0.1, 0.15) is 11.4 Å². The molecule has 2 nitrogen and oxygen atoms in total. The first-order valence-electron chi connectivity index (χ1n) is 5.79. The Hall–Kier alpha value is -0.930. The van der Waals surface area contributed by atoms with Crippen molar-refractivity contribution in [2.45, 2.75) is 25.9 Å². The van der Waals surface area contributed by atoms with E-state index in [0.29, 0.717) is 12.2 Å².